The number of aliphatic hydroxyl groups excluding tert-OH is 1. The van der Waals surface area contributed by atoms with Crippen molar-refractivity contribution in [2.75, 3.05) is 46.5 Å². The highest BCUT2D eigenvalue weighted by Crippen LogP contribution is 2.39. The Morgan fingerprint density at radius 2 is 1.72 bits per heavy atom. The van der Waals surface area contributed by atoms with E-state index in [-0.39, 0.29) is 11.3 Å². The molecule has 2 fully saturated rings. The minimum atomic E-state index is -0.654. The average Bonchev–Trinajstić information content (AvgIpc) is 3.10. The van der Waals surface area contributed by atoms with Crippen LogP contribution in [-0.4, -0.2) is 73.1 Å². The van der Waals surface area contributed by atoms with Crippen LogP contribution in [0.2, 0.25) is 0 Å². The second-order valence-electron chi connectivity index (χ2n) is 7.94. The average molecular weight is 437 g/mol. The Morgan fingerprint density at radius 1 is 1.03 bits per heavy atom. The molecule has 1 amide bonds. The first kappa shape index (κ1) is 22.0. The van der Waals surface area contributed by atoms with Crippen molar-refractivity contribution in [3.63, 3.8) is 0 Å². The van der Waals surface area contributed by atoms with Gasteiger partial charge in [-0.05, 0) is 24.1 Å². The highest BCUT2D eigenvalue weighted by atomic mass is 16.5. The Hall–Kier alpha value is -3.16. The number of methoxy groups -OCH3 is 1. The minimum Gasteiger partial charge on any atom is -0.507 e. The van der Waals surface area contributed by atoms with E-state index in [9.17, 15) is 14.7 Å². The largest absolute Gasteiger partial charge is 0.507 e. The molecule has 0 radical (unpaired) electrons. The molecule has 0 aliphatic carbocycles. The summed E-state index contributed by atoms with van der Waals surface area (Å²) in [5.41, 5.74) is 1.39. The van der Waals surface area contributed by atoms with Gasteiger partial charge in [0.05, 0.1) is 31.9 Å². The van der Waals surface area contributed by atoms with Crippen LogP contribution in [0.5, 0.6) is 5.75 Å². The highest BCUT2D eigenvalue weighted by molar-refractivity contribution is 6.46. The second-order valence-corrected chi connectivity index (χ2v) is 7.94. The number of ketones is 1. The van der Waals surface area contributed by atoms with Crippen LogP contribution in [0.4, 0.5) is 0 Å². The third-order valence-corrected chi connectivity index (χ3v) is 6.00. The maximum absolute atomic E-state index is 13.0. The lowest BCUT2D eigenvalue weighted by molar-refractivity contribution is -0.140. The molecule has 168 valence electrons. The van der Waals surface area contributed by atoms with Gasteiger partial charge in [0, 0.05) is 31.7 Å². The first-order valence-electron chi connectivity index (χ1n) is 10.9. The number of morpholine rings is 1. The third-order valence-electron chi connectivity index (χ3n) is 6.00. The number of likely N-dealkylation sites (tertiary alicyclic amines) is 1. The molecule has 7 heteroatoms. The molecule has 0 unspecified atom stereocenters. The summed E-state index contributed by atoms with van der Waals surface area (Å²) in [6.07, 6.45) is 0.727. The molecule has 1 atom stereocenters. The van der Waals surface area contributed by atoms with E-state index < -0.39 is 17.7 Å². The number of carbonyl (C=O) groups is 2. The number of hydrogen-bond acceptors (Lipinski definition) is 6. The van der Waals surface area contributed by atoms with Crippen molar-refractivity contribution in [2.45, 2.75) is 12.5 Å². The first-order chi connectivity index (χ1) is 15.6. The maximum atomic E-state index is 13.0. The van der Waals surface area contributed by atoms with E-state index in [2.05, 4.69) is 4.90 Å². The van der Waals surface area contributed by atoms with Crippen molar-refractivity contribution in [1.29, 1.82) is 0 Å². The van der Waals surface area contributed by atoms with E-state index in [0.29, 0.717) is 31.1 Å². The van der Waals surface area contributed by atoms with Crippen LogP contribution in [0.1, 0.15) is 23.6 Å². The van der Waals surface area contributed by atoms with Gasteiger partial charge in [-0.15, -0.1) is 0 Å². The fourth-order valence-electron chi connectivity index (χ4n) is 4.28. The van der Waals surface area contributed by atoms with Crippen molar-refractivity contribution in [3.05, 3.63) is 71.3 Å². The fourth-order valence-corrected chi connectivity index (χ4v) is 4.28. The molecule has 2 aliphatic rings. The molecule has 2 aliphatic heterocycles. The zero-order valence-electron chi connectivity index (χ0n) is 18.2. The van der Waals surface area contributed by atoms with Gasteiger partial charge in [0.15, 0.2) is 0 Å². The number of rotatable bonds is 7. The van der Waals surface area contributed by atoms with Crippen molar-refractivity contribution in [3.8, 4) is 5.75 Å². The van der Waals surface area contributed by atoms with Crippen LogP contribution >= 0.6 is 0 Å². The lowest BCUT2D eigenvalue weighted by Gasteiger charge is -2.29. The molecule has 2 aromatic carbocycles. The number of aliphatic hydroxyl groups is 1. The zero-order valence-corrected chi connectivity index (χ0v) is 18.2. The van der Waals surface area contributed by atoms with E-state index in [1.807, 2.05) is 18.2 Å². The summed E-state index contributed by atoms with van der Waals surface area (Å²) in [6.45, 7) is 4.41. The number of benzene rings is 2. The quantitative estimate of drug-likeness (QED) is 0.409. The summed E-state index contributed by atoms with van der Waals surface area (Å²) in [4.78, 5) is 29.9. The molecule has 2 heterocycles. The summed E-state index contributed by atoms with van der Waals surface area (Å²) in [5, 5.41) is 11.0. The van der Waals surface area contributed by atoms with Crippen LogP contribution in [0, 0.1) is 0 Å². The van der Waals surface area contributed by atoms with E-state index in [0.717, 1.165) is 31.6 Å². The standard InChI is InChI=1S/C25H28N2O5/c1-31-20-10-8-18(9-11-20)22-21(23(28)19-6-3-2-4-7-19)24(29)25(30)27(22)13-5-12-26-14-16-32-17-15-26/h2-4,6-11,22,28H,5,12-17H2,1H3/b23-21+/t22-/m1/s1. The molecule has 4 rings (SSSR count). The molecule has 1 N–H and O–H groups in total. The molecule has 32 heavy (non-hydrogen) atoms. The number of Topliss-reactive ketones (excluding diaryl/α,β-unsaturated/α-hetero) is 1. The molecule has 2 saturated heterocycles. The van der Waals surface area contributed by atoms with Gasteiger partial charge in [-0.1, -0.05) is 42.5 Å². The topological polar surface area (TPSA) is 79.3 Å². The SMILES string of the molecule is COc1ccc([C@@H]2/C(=C(\O)c3ccccc3)C(=O)C(=O)N2CCCN2CCOCC2)cc1. The van der Waals surface area contributed by atoms with Crippen LogP contribution in [0.25, 0.3) is 5.76 Å². The van der Waals surface area contributed by atoms with Gasteiger partial charge in [-0.3, -0.25) is 14.5 Å². The van der Waals surface area contributed by atoms with Crippen LogP contribution < -0.4 is 4.74 Å². The highest BCUT2D eigenvalue weighted by Gasteiger charge is 2.45. The number of amides is 1. The van der Waals surface area contributed by atoms with Crippen molar-refractivity contribution >= 4 is 17.4 Å². The summed E-state index contributed by atoms with van der Waals surface area (Å²) in [7, 11) is 1.59. The molecule has 0 saturated carbocycles. The maximum Gasteiger partial charge on any atom is 0.295 e. The van der Waals surface area contributed by atoms with E-state index in [4.69, 9.17) is 9.47 Å². The van der Waals surface area contributed by atoms with Crippen molar-refractivity contribution < 1.29 is 24.2 Å². The number of ether oxygens (including phenoxy) is 2. The Kier molecular flexibility index (Phi) is 6.87. The lowest BCUT2D eigenvalue weighted by Crippen LogP contribution is -2.38. The lowest BCUT2D eigenvalue weighted by atomic mass is 9.95. The molecule has 2 aromatic rings. The third kappa shape index (κ3) is 4.54. The Morgan fingerprint density at radius 3 is 2.38 bits per heavy atom. The van der Waals surface area contributed by atoms with Crippen molar-refractivity contribution in [2.24, 2.45) is 0 Å². The van der Waals surface area contributed by atoms with Gasteiger partial charge in [0.2, 0.25) is 0 Å². The summed E-state index contributed by atoms with van der Waals surface area (Å²) in [5.74, 6) is -0.703. The van der Waals surface area contributed by atoms with E-state index in [1.54, 1.807) is 48.4 Å². The van der Waals surface area contributed by atoms with Gasteiger partial charge < -0.3 is 19.5 Å². The molecule has 0 aromatic heterocycles. The number of hydrogen-bond donors (Lipinski definition) is 1. The van der Waals surface area contributed by atoms with Gasteiger partial charge in [0.25, 0.3) is 11.7 Å². The van der Waals surface area contributed by atoms with Gasteiger partial charge >= 0.3 is 0 Å². The normalized spacial score (nSPS) is 21.2. The van der Waals surface area contributed by atoms with E-state index in [1.165, 1.54) is 0 Å². The second kappa shape index (κ2) is 9.97. The summed E-state index contributed by atoms with van der Waals surface area (Å²) < 4.78 is 10.6. The van der Waals surface area contributed by atoms with Crippen LogP contribution in [-0.2, 0) is 14.3 Å². The Labute approximate surface area is 187 Å². The Balaban J connectivity index is 1.65. The Bertz CT molecular complexity index is 981. The molecule has 0 spiro atoms. The number of carbonyl (C=O) groups excluding carboxylic acids is 2. The zero-order chi connectivity index (χ0) is 22.5. The van der Waals surface area contributed by atoms with Gasteiger partial charge in [-0.25, -0.2) is 0 Å². The predicted octanol–water partition coefficient (Wildman–Crippen LogP) is 2.84. The van der Waals surface area contributed by atoms with Crippen molar-refractivity contribution in [1.82, 2.24) is 9.80 Å². The molecule has 0 bridgehead atoms. The van der Waals surface area contributed by atoms with Gasteiger partial charge in [-0.2, -0.15) is 0 Å². The monoisotopic (exact) mass is 436 g/mol. The summed E-state index contributed by atoms with van der Waals surface area (Å²) >= 11 is 0. The minimum absolute atomic E-state index is 0.123. The predicted molar refractivity (Wildman–Crippen MR) is 120 cm³/mol. The number of nitrogens with zero attached hydrogens (tertiary/aromatic N) is 2. The summed E-state index contributed by atoms with van der Waals surface area (Å²) in [6, 6.07) is 15.5. The fraction of sp³-hybridized carbons (Fsp3) is 0.360. The van der Waals surface area contributed by atoms with E-state index >= 15 is 0 Å². The van der Waals surface area contributed by atoms with Crippen LogP contribution in [0.15, 0.2) is 60.2 Å². The smallest absolute Gasteiger partial charge is 0.295 e. The molecular formula is C25H28N2O5. The van der Waals surface area contributed by atoms with Gasteiger partial charge in [0.1, 0.15) is 11.5 Å². The molecular weight excluding hydrogens is 408 g/mol. The first-order valence-corrected chi connectivity index (χ1v) is 10.9. The van der Waals surface area contributed by atoms with Crippen LogP contribution in [0.3, 0.4) is 0 Å². The molecule has 7 nitrogen and oxygen atoms in total.